The van der Waals surface area contributed by atoms with E-state index in [-0.39, 0.29) is 0 Å². The predicted molar refractivity (Wildman–Crippen MR) is 58.9 cm³/mol. The van der Waals surface area contributed by atoms with Gasteiger partial charge in [0.1, 0.15) is 0 Å². The monoisotopic (exact) mass is 182 g/mol. The van der Waals surface area contributed by atoms with Gasteiger partial charge in [-0.2, -0.15) is 0 Å². The summed E-state index contributed by atoms with van der Waals surface area (Å²) in [5.74, 6) is 0. The Morgan fingerprint density at radius 3 is 2.50 bits per heavy atom. The summed E-state index contributed by atoms with van der Waals surface area (Å²) in [4.78, 5) is 0. The Hall–Kier alpha value is -1.76. The summed E-state index contributed by atoms with van der Waals surface area (Å²) < 4.78 is 0. The number of hydrogen-bond donors (Lipinski definition) is 1. The fourth-order valence-electron chi connectivity index (χ4n) is 1.44. The summed E-state index contributed by atoms with van der Waals surface area (Å²) in [7, 11) is 0. The zero-order valence-corrected chi connectivity index (χ0v) is 7.90. The topological polar surface area (TPSA) is 26.0 Å². The van der Waals surface area contributed by atoms with E-state index in [4.69, 9.17) is 5.73 Å². The molecule has 69 valence electrons. The van der Waals surface area contributed by atoms with E-state index in [1.54, 1.807) is 0 Å². The Balaban J connectivity index is 2.24. The molecule has 1 nitrogen and oxygen atoms in total. The molecule has 0 unspecified atom stereocenters. The van der Waals surface area contributed by atoms with Crippen LogP contribution in [0, 0.1) is 6.07 Å². The second-order valence-corrected chi connectivity index (χ2v) is 3.27. The van der Waals surface area contributed by atoms with Crippen LogP contribution in [0.1, 0.15) is 11.1 Å². The first-order chi connectivity index (χ1) is 6.86. The molecule has 0 atom stereocenters. The second-order valence-electron chi connectivity index (χ2n) is 3.27. The zero-order valence-electron chi connectivity index (χ0n) is 7.90. The van der Waals surface area contributed by atoms with Gasteiger partial charge in [0.25, 0.3) is 0 Å². The maximum absolute atomic E-state index is 5.84. The van der Waals surface area contributed by atoms with Crippen molar-refractivity contribution < 1.29 is 0 Å². The van der Waals surface area contributed by atoms with Gasteiger partial charge in [-0.15, -0.1) is 0 Å². The van der Waals surface area contributed by atoms with E-state index >= 15 is 0 Å². The molecule has 2 aromatic carbocycles. The second kappa shape index (κ2) is 3.97. The molecule has 2 N–H and O–H groups in total. The third kappa shape index (κ3) is 1.94. The van der Waals surface area contributed by atoms with Gasteiger partial charge in [-0.3, -0.25) is 0 Å². The molecular formula is C13H12N. The zero-order chi connectivity index (χ0) is 9.80. The molecule has 0 heterocycles. The molecular weight excluding hydrogens is 170 g/mol. The van der Waals surface area contributed by atoms with Crippen molar-refractivity contribution in [2.75, 3.05) is 5.73 Å². The molecule has 0 aromatic heterocycles. The van der Waals surface area contributed by atoms with E-state index < -0.39 is 0 Å². The van der Waals surface area contributed by atoms with Crippen LogP contribution in [0.5, 0.6) is 0 Å². The van der Waals surface area contributed by atoms with Crippen molar-refractivity contribution in [3.8, 4) is 0 Å². The van der Waals surface area contributed by atoms with Crippen LogP contribution in [0.4, 0.5) is 5.69 Å². The lowest BCUT2D eigenvalue weighted by Gasteiger charge is -2.04. The van der Waals surface area contributed by atoms with Gasteiger partial charge in [-0.1, -0.05) is 42.5 Å². The molecule has 0 fully saturated rings. The molecule has 1 heteroatoms. The van der Waals surface area contributed by atoms with Gasteiger partial charge in [0.05, 0.1) is 0 Å². The van der Waals surface area contributed by atoms with Crippen molar-refractivity contribution in [2.24, 2.45) is 0 Å². The van der Waals surface area contributed by atoms with E-state index in [1.165, 1.54) is 5.56 Å². The Labute approximate surface area is 84.2 Å². The van der Waals surface area contributed by atoms with E-state index in [0.717, 1.165) is 17.7 Å². The first-order valence-electron chi connectivity index (χ1n) is 4.65. The summed E-state index contributed by atoms with van der Waals surface area (Å²) in [6.45, 7) is 0. The number of anilines is 1. The molecule has 0 aliphatic rings. The van der Waals surface area contributed by atoms with Crippen molar-refractivity contribution in [3.05, 3.63) is 65.7 Å². The van der Waals surface area contributed by atoms with Gasteiger partial charge in [-0.25, -0.2) is 0 Å². The van der Waals surface area contributed by atoms with Crippen LogP contribution in [0.15, 0.2) is 48.5 Å². The molecule has 0 bridgehead atoms. The summed E-state index contributed by atoms with van der Waals surface area (Å²) in [6.07, 6.45) is 0.855. The molecule has 0 saturated heterocycles. The highest BCUT2D eigenvalue weighted by molar-refractivity contribution is 5.47. The van der Waals surface area contributed by atoms with Crippen LogP contribution < -0.4 is 5.73 Å². The standard InChI is InChI=1S/C13H12N/c14-13-9-5-4-8-12(13)10-11-6-2-1-3-7-11/h1-7,9H,10,14H2. The number of hydrogen-bond acceptors (Lipinski definition) is 1. The van der Waals surface area contributed by atoms with Gasteiger partial charge in [0.15, 0.2) is 0 Å². The Morgan fingerprint density at radius 2 is 1.79 bits per heavy atom. The summed E-state index contributed by atoms with van der Waals surface area (Å²) >= 11 is 0. The van der Waals surface area contributed by atoms with E-state index in [1.807, 2.05) is 36.4 Å². The fraction of sp³-hybridized carbons (Fsp3) is 0.0769. The number of nitrogen functional groups attached to an aromatic ring is 1. The Kier molecular flexibility index (Phi) is 2.50. The third-order valence-corrected chi connectivity index (χ3v) is 2.20. The lowest BCUT2D eigenvalue weighted by molar-refractivity contribution is 1.19. The first-order valence-corrected chi connectivity index (χ1v) is 4.65. The lowest BCUT2D eigenvalue weighted by atomic mass is 10.0. The molecule has 14 heavy (non-hydrogen) atoms. The minimum absolute atomic E-state index is 0.816. The van der Waals surface area contributed by atoms with Crippen molar-refractivity contribution >= 4 is 5.69 Å². The van der Waals surface area contributed by atoms with Gasteiger partial charge in [0, 0.05) is 12.1 Å². The Bertz CT molecular complexity index is 407. The number of benzene rings is 2. The smallest absolute Gasteiger partial charge is 0.0356 e. The van der Waals surface area contributed by atoms with Crippen LogP contribution >= 0.6 is 0 Å². The minimum Gasteiger partial charge on any atom is -0.398 e. The molecule has 0 aliphatic carbocycles. The molecule has 2 rings (SSSR count). The van der Waals surface area contributed by atoms with Gasteiger partial charge < -0.3 is 5.73 Å². The molecule has 2 aromatic rings. The molecule has 0 spiro atoms. The summed E-state index contributed by atoms with van der Waals surface area (Å²) in [6, 6.07) is 19.2. The molecule has 0 amide bonds. The highest BCUT2D eigenvalue weighted by atomic mass is 14.6. The van der Waals surface area contributed by atoms with Crippen LogP contribution in [0.25, 0.3) is 0 Å². The van der Waals surface area contributed by atoms with Gasteiger partial charge in [-0.05, 0) is 23.3 Å². The number of rotatable bonds is 2. The van der Waals surface area contributed by atoms with Crippen molar-refractivity contribution in [1.29, 1.82) is 0 Å². The van der Waals surface area contributed by atoms with Crippen LogP contribution in [0.3, 0.4) is 0 Å². The fourth-order valence-corrected chi connectivity index (χ4v) is 1.44. The molecule has 0 saturated carbocycles. The van der Waals surface area contributed by atoms with Gasteiger partial charge in [0.2, 0.25) is 0 Å². The average molecular weight is 182 g/mol. The summed E-state index contributed by atoms with van der Waals surface area (Å²) in [5.41, 5.74) is 8.99. The third-order valence-electron chi connectivity index (χ3n) is 2.20. The van der Waals surface area contributed by atoms with E-state index in [9.17, 15) is 0 Å². The normalized spacial score (nSPS) is 10.0. The molecule has 0 aliphatic heterocycles. The van der Waals surface area contributed by atoms with E-state index in [0.29, 0.717) is 0 Å². The minimum atomic E-state index is 0.816. The Morgan fingerprint density at radius 1 is 1.00 bits per heavy atom. The van der Waals surface area contributed by atoms with Crippen LogP contribution in [-0.2, 0) is 6.42 Å². The quantitative estimate of drug-likeness (QED) is 0.710. The number of nitrogens with two attached hydrogens (primary N) is 1. The first kappa shape index (κ1) is 8.82. The highest BCUT2D eigenvalue weighted by Crippen LogP contribution is 2.14. The van der Waals surface area contributed by atoms with Crippen LogP contribution in [0.2, 0.25) is 0 Å². The lowest BCUT2D eigenvalue weighted by Crippen LogP contribution is -1.95. The maximum atomic E-state index is 5.84. The van der Waals surface area contributed by atoms with Crippen molar-refractivity contribution in [2.45, 2.75) is 6.42 Å². The largest absolute Gasteiger partial charge is 0.398 e. The summed E-state index contributed by atoms with van der Waals surface area (Å²) in [5, 5.41) is 0. The van der Waals surface area contributed by atoms with Crippen molar-refractivity contribution in [1.82, 2.24) is 0 Å². The SMILES string of the molecule is Nc1ccc[c]c1Cc1ccccc1. The highest BCUT2D eigenvalue weighted by Gasteiger charge is 1.98. The molecule has 1 radical (unpaired) electrons. The van der Waals surface area contributed by atoms with Crippen molar-refractivity contribution in [3.63, 3.8) is 0 Å². The average Bonchev–Trinajstić information content (AvgIpc) is 2.23. The van der Waals surface area contributed by atoms with E-state index in [2.05, 4.69) is 18.2 Å². The van der Waals surface area contributed by atoms with Crippen LogP contribution in [-0.4, -0.2) is 0 Å². The van der Waals surface area contributed by atoms with Gasteiger partial charge >= 0.3 is 0 Å². The predicted octanol–water partition coefficient (Wildman–Crippen LogP) is 2.66. The maximum Gasteiger partial charge on any atom is 0.0356 e.